The van der Waals surface area contributed by atoms with E-state index in [1.807, 2.05) is 17.8 Å². The van der Waals surface area contributed by atoms with E-state index < -0.39 is 12.0 Å². The average molecular weight is 382 g/mol. The molecule has 3 rings (SSSR count). The molecule has 25 heavy (non-hydrogen) atoms. The van der Waals surface area contributed by atoms with Crippen molar-refractivity contribution in [1.82, 2.24) is 15.5 Å². The number of nitrogens with one attached hydrogen (secondary N) is 2. The fourth-order valence-corrected chi connectivity index (χ4v) is 4.19. The van der Waals surface area contributed by atoms with Gasteiger partial charge in [-0.05, 0) is 17.7 Å². The Labute approximate surface area is 155 Å². The van der Waals surface area contributed by atoms with Gasteiger partial charge in [0.15, 0.2) is 0 Å². The third kappa shape index (κ3) is 4.29. The first kappa shape index (κ1) is 18.1. The number of esters is 1. The smallest absolute Gasteiger partial charge is 0.338 e. The van der Waals surface area contributed by atoms with Crippen molar-refractivity contribution in [3.63, 3.8) is 0 Å². The third-order valence-electron chi connectivity index (χ3n) is 4.23. The van der Waals surface area contributed by atoms with Crippen LogP contribution in [0.25, 0.3) is 0 Å². The Hall–Kier alpha value is -1.70. The molecule has 2 aliphatic heterocycles. The first-order valence-corrected chi connectivity index (χ1v) is 9.56. The van der Waals surface area contributed by atoms with Crippen molar-refractivity contribution in [2.45, 2.75) is 6.04 Å². The van der Waals surface area contributed by atoms with Crippen molar-refractivity contribution in [1.29, 1.82) is 0 Å². The zero-order valence-corrected chi connectivity index (χ0v) is 15.5. The number of ether oxygens (including phenoxy) is 1. The highest BCUT2D eigenvalue weighted by Gasteiger charge is 2.34. The SMILES string of the molecule is COC(=O)C1=C(CN2CCSCC2)NC(=O)N[C@H]1c1cccc(Cl)c1. The molecule has 6 nitrogen and oxygen atoms in total. The standard InChI is InChI=1S/C17H20ClN3O3S/c1-24-16(22)14-13(10-21-5-7-25-8-6-21)19-17(23)20-15(14)11-3-2-4-12(18)9-11/h2-4,9,15H,5-8,10H2,1H3,(H2,19,20,23)/t15-/m0/s1. The van der Waals surface area contributed by atoms with Crippen LogP contribution in [0.1, 0.15) is 11.6 Å². The molecule has 0 aliphatic carbocycles. The van der Waals surface area contributed by atoms with Gasteiger partial charge in [0.25, 0.3) is 0 Å². The Morgan fingerprint density at radius 1 is 1.40 bits per heavy atom. The summed E-state index contributed by atoms with van der Waals surface area (Å²) in [7, 11) is 1.34. The van der Waals surface area contributed by atoms with Crippen LogP contribution in [0.4, 0.5) is 4.79 Å². The van der Waals surface area contributed by atoms with Crippen LogP contribution in [-0.2, 0) is 9.53 Å². The number of amides is 2. The number of halogens is 1. The molecule has 1 aromatic carbocycles. The maximum absolute atomic E-state index is 12.5. The summed E-state index contributed by atoms with van der Waals surface area (Å²) in [6.45, 7) is 2.36. The number of hydrogen-bond acceptors (Lipinski definition) is 5. The summed E-state index contributed by atoms with van der Waals surface area (Å²) in [6, 6.07) is 6.20. The molecule has 0 saturated carbocycles. The highest BCUT2D eigenvalue weighted by atomic mass is 35.5. The predicted octanol–water partition coefficient (Wildman–Crippen LogP) is 2.17. The first-order valence-electron chi connectivity index (χ1n) is 8.03. The van der Waals surface area contributed by atoms with Crippen molar-refractivity contribution in [2.24, 2.45) is 0 Å². The number of methoxy groups -OCH3 is 1. The van der Waals surface area contributed by atoms with Crippen LogP contribution in [0.3, 0.4) is 0 Å². The van der Waals surface area contributed by atoms with E-state index in [2.05, 4.69) is 15.5 Å². The summed E-state index contributed by atoms with van der Waals surface area (Å²) < 4.78 is 4.98. The lowest BCUT2D eigenvalue weighted by Gasteiger charge is -2.33. The summed E-state index contributed by atoms with van der Waals surface area (Å²) in [5.74, 6) is 1.63. The summed E-state index contributed by atoms with van der Waals surface area (Å²) in [4.78, 5) is 26.9. The molecule has 1 atom stereocenters. The van der Waals surface area contributed by atoms with E-state index in [1.165, 1.54) is 7.11 Å². The molecule has 0 spiro atoms. The van der Waals surface area contributed by atoms with E-state index in [0.29, 0.717) is 22.8 Å². The zero-order chi connectivity index (χ0) is 17.8. The van der Waals surface area contributed by atoms with E-state index in [0.717, 1.165) is 30.2 Å². The van der Waals surface area contributed by atoms with Gasteiger partial charge in [0.1, 0.15) is 0 Å². The molecule has 2 amide bonds. The van der Waals surface area contributed by atoms with Crippen molar-refractivity contribution < 1.29 is 14.3 Å². The molecule has 1 aromatic rings. The van der Waals surface area contributed by atoms with Crippen LogP contribution >= 0.6 is 23.4 Å². The maximum atomic E-state index is 12.5. The number of nitrogens with zero attached hydrogens (tertiary/aromatic N) is 1. The summed E-state index contributed by atoms with van der Waals surface area (Å²) in [5, 5.41) is 6.14. The molecule has 1 saturated heterocycles. The largest absolute Gasteiger partial charge is 0.466 e. The van der Waals surface area contributed by atoms with Crippen LogP contribution in [0.5, 0.6) is 0 Å². The Morgan fingerprint density at radius 3 is 2.84 bits per heavy atom. The third-order valence-corrected chi connectivity index (χ3v) is 5.40. The van der Waals surface area contributed by atoms with Gasteiger partial charge in [0.05, 0.1) is 18.7 Å². The minimum absolute atomic E-state index is 0.334. The summed E-state index contributed by atoms with van der Waals surface area (Å²) in [5.41, 5.74) is 1.75. The van der Waals surface area contributed by atoms with Crippen LogP contribution in [0, 0.1) is 0 Å². The normalized spacial score (nSPS) is 21.5. The van der Waals surface area contributed by atoms with E-state index in [9.17, 15) is 9.59 Å². The first-order chi connectivity index (χ1) is 12.1. The number of carbonyl (C=O) groups excluding carboxylic acids is 2. The van der Waals surface area contributed by atoms with E-state index in [-0.39, 0.29) is 6.03 Å². The molecule has 0 bridgehead atoms. The molecule has 0 aromatic heterocycles. The fraction of sp³-hybridized carbons (Fsp3) is 0.412. The quantitative estimate of drug-likeness (QED) is 0.782. The summed E-state index contributed by atoms with van der Waals surface area (Å²) >= 11 is 7.99. The van der Waals surface area contributed by atoms with Gasteiger partial charge in [-0.15, -0.1) is 0 Å². The molecule has 1 fully saturated rings. The van der Waals surface area contributed by atoms with Crippen molar-refractivity contribution in [3.05, 3.63) is 46.1 Å². The van der Waals surface area contributed by atoms with Crippen molar-refractivity contribution >= 4 is 35.4 Å². The fourth-order valence-electron chi connectivity index (χ4n) is 3.01. The topological polar surface area (TPSA) is 70.7 Å². The number of benzene rings is 1. The highest BCUT2D eigenvalue weighted by molar-refractivity contribution is 7.99. The molecule has 8 heteroatoms. The average Bonchev–Trinajstić information content (AvgIpc) is 2.61. The molecule has 134 valence electrons. The number of thioether (sulfide) groups is 1. The number of rotatable bonds is 4. The van der Waals surface area contributed by atoms with Gasteiger partial charge in [-0.25, -0.2) is 9.59 Å². The second-order valence-electron chi connectivity index (χ2n) is 5.86. The zero-order valence-electron chi connectivity index (χ0n) is 13.9. The van der Waals surface area contributed by atoms with Crippen molar-refractivity contribution in [3.8, 4) is 0 Å². The van der Waals surface area contributed by atoms with E-state index in [4.69, 9.17) is 16.3 Å². The highest BCUT2D eigenvalue weighted by Crippen LogP contribution is 2.29. The van der Waals surface area contributed by atoms with Gasteiger partial charge in [-0.3, -0.25) is 4.90 Å². The second-order valence-corrected chi connectivity index (χ2v) is 7.52. The Kier molecular flexibility index (Phi) is 5.88. The monoisotopic (exact) mass is 381 g/mol. The lowest BCUT2D eigenvalue weighted by atomic mass is 9.95. The van der Waals surface area contributed by atoms with Crippen LogP contribution in [0.15, 0.2) is 35.5 Å². The maximum Gasteiger partial charge on any atom is 0.338 e. The molecule has 0 unspecified atom stereocenters. The van der Waals surface area contributed by atoms with Gasteiger partial charge < -0.3 is 15.4 Å². The lowest BCUT2D eigenvalue weighted by Crippen LogP contribution is -2.49. The van der Waals surface area contributed by atoms with Crippen LogP contribution < -0.4 is 10.6 Å². The molecule has 2 N–H and O–H groups in total. The lowest BCUT2D eigenvalue weighted by molar-refractivity contribution is -0.136. The van der Waals surface area contributed by atoms with Crippen molar-refractivity contribution in [2.75, 3.05) is 38.2 Å². The van der Waals surface area contributed by atoms with Crippen LogP contribution in [-0.4, -0.2) is 55.2 Å². The minimum Gasteiger partial charge on any atom is -0.466 e. The Morgan fingerprint density at radius 2 is 2.16 bits per heavy atom. The van der Waals surface area contributed by atoms with Crippen LogP contribution in [0.2, 0.25) is 5.02 Å². The Balaban J connectivity index is 1.98. The summed E-state index contributed by atoms with van der Waals surface area (Å²) in [6.07, 6.45) is 0. The number of urea groups is 1. The molecular weight excluding hydrogens is 362 g/mol. The van der Waals surface area contributed by atoms with E-state index in [1.54, 1.807) is 18.2 Å². The number of hydrogen-bond donors (Lipinski definition) is 2. The van der Waals surface area contributed by atoms with Gasteiger partial charge in [0.2, 0.25) is 0 Å². The molecule has 2 heterocycles. The van der Waals surface area contributed by atoms with Gasteiger partial charge in [-0.1, -0.05) is 23.7 Å². The van der Waals surface area contributed by atoms with E-state index >= 15 is 0 Å². The van der Waals surface area contributed by atoms with Gasteiger partial charge in [-0.2, -0.15) is 11.8 Å². The molecular formula is C17H20ClN3O3S. The van der Waals surface area contributed by atoms with Gasteiger partial charge in [0, 0.05) is 41.9 Å². The Bertz CT molecular complexity index is 704. The molecule has 2 aliphatic rings. The minimum atomic E-state index is -0.589. The number of carbonyl (C=O) groups is 2. The molecule has 0 radical (unpaired) electrons. The second kappa shape index (κ2) is 8.12. The predicted molar refractivity (Wildman–Crippen MR) is 98.7 cm³/mol. The van der Waals surface area contributed by atoms with Gasteiger partial charge >= 0.3 is 12.0 Å².